The van der Waals surface area contributed by atoms with Crippen molar-refractivity contribution >= 4 is 17.7 Å². The Morgan fingerprint density at radius 2 is 1.81 bits per heavy atom. The first-order valence-electron chi connectivity index (χ1n) is 10.5. The SMILES string of the molecule is CCCC(=O)N1CCC2(C1)C(=O)N(C(C)C)CC(=O)N2Cc1ccc(C(F)(F)F)cc1. The summed E-state index contributed by atoms with van der Waals surface area (Å²) in [5.74, 6) is -0.533. The van der Waals surface area contributed by atoms with Crippen molar-refractivity contribution in [2.45, 2.75) is 64.3 Å². The van der Waals surface area contributed by atoms with Crippen LogP contribution in [-0.2, 0) is 27.1 Å². The van der Waals surface area contributed by atoms with Crippen molar-refractivity contribution in [3.63, 3.8) is 0 Å². The average Bonchev–Trinajstić information content (AvgIpc) is 3.14. The van der Waals surface area contributed by atoms with Gasteiger partial charge < -0.3 is 14.7 Å². The molecule has 0 saturated carbocycles. The molecule has 1 aromatic carbocycles. The lowest BCUT2D eigenvalue weighted by Crippen LogP contribution is -2.69. The predicted octanol–water partition coefficient (Wildman–Crippen LogP) is 3.06. The minimum Gasteiger partial charge on any atom is -0.340 e. The van der Waals surface area contributed by atoms with Crippen LogP contribution in [0.5, 0.6) is 0 Å². The Bertz CT molecular complexity index is 854. The maximum Gasteiger partial charge on any atom is 0.416 e. The first kappa shape index (κ1) is 23.1. The molecule has 0 bridgehead atoms. The number of amides is 3. The lowest BCUT2D eigenvalue weighted by atomic mass is 9.89. The maximum atomic E-state index is 13.5. The van der Waals surface area contributed by atoms with Crippen LogP contribution in [0.1, 0.15) is 51.2 Å². The van der Waals surface area contributed by atoms with E-state index in [1.807, 2.05) is 20.8 Å². The monoisotopic (exact) mass is 439 g/mol. The van der Waals surface area contributed by atoms with E-state index in [2.05, 4.69) is 0 Å². The van der Waals surface area contributed by atoms with E-state index in [0.29, 0.717) is 31.4 Å². The number of rotatable bonds is 5. The van der Waals surface area contributed by atoms with Gasteiger partial charge in [-0.15, -0.1) is 0 Å². The van der Waals surface area contributed by atoms with E-state index in [-0.39, 0.29) is 43.4 Å². The van der Waals surface area contributed by atoms with Crippen molar-refractivity contribution in [2.75, 3.05) is 19.6 Å². The van der Waals surface area contributed by atoms with Gasteiger partial charge in [-0.3, -0.25) is 14.4 Å². The molecule has 1 unspecified atom stereocenters. The number of piperazine rings is 1. The van der Waals surface area contributed by atoms with Gasteiger partial charge in [0.05, 0.1) is 12.1 Å². The fourth-order valence-electron chi connectivity index (χ4n) is 4.34. The second kappa shape index (κ2) is 8.51. The standard InChI is InChI=1S/C22H28F3N3O3/c1-4-5-18(29)26-11-10-21(14-26)20(31)27(15(2)3)13-19(30)28(21)12-16-6-8-17(9-7-16)22(23,24)25/h6-9,15H,4-5,10-14H2,1-3H3. The zero-order valence-corrected chi connectivity index (χ0v) is 18.0. The second-order valence-electron chi connectivity index (χ2n) is 8.55. The largest absolute Gasteiger partial charge is 0.416 e. The Labute approximate surface area is 180 Å². The lowest BCUT2D eigenvalue weighted by molar-refractivity contribution is -0.167. The summed E-state index contributed by atoms with van der Waals surface area (Å²) in [5.41, 5.74) is -1.45. The molecule has 9 heteroatoms. The summed E-state index contributed by atoms with van der Waals surface area (Å²) in [6, 6.07) is 4.44. The van der Waals surface area contributed by atoms with E-state index in [1.165, 1.54) is 21.9 Å². The predicted molar refractivity (Wildman–Crippen MR) is 108 cm³/mol. The average molecular weight is 439 g/mol. The Hall–Kier alpha value is -2.58. The van der Waals surface area contributed by atoms with Crippen LogP contribution in [0.15, 0.2) is 24.3 Å². The summed E-state index contributed by atoms with van der Waals surface area (Å²) >= 11 is 0. The third kappa shape index (κ3) is 4.41. The third-order valence-electron chi connectivity index (χ3n) is 6.09. The van der Waals surface area contributed by atoms with Gasteiger partial charge in [0.15, 0.2) is 0 Å². The third-order valence-corrected chi connectivity index (χ3v) is 6.09. The van der Waals surface area contributed by atoms with Crippen molar-refractivity contribution in [2.24, 2.45) is 0 Å². The highest BCUT2D eigenvalue weighted by Gasteiger charge is 2.56. The second-order valence-corrected chi connectivity index (χ2v) is 8.55. The number of halogens is 3. The fraction of sp³-hybridized carbons (Fsp3) is 0.591. The van der Waals surface area contributed by atoms with Gasteiger partial charge >= 0.3 is 6.18 Å². The topological polar surface area (TPSA) is 60.9 Å². The van der Waals surface area contributed by atoms with Crippen LogP contribution in [0.3, 0.4) is 0 Å². The molecular weight excluding hydrogens is 411 g/mol. The molecule has 2 fully saturated rings. The van der Waals surface area contributed by atoms with Gasteiger partial charge in [0.2, 0.25) is 11.8 Å². The molecule has 31 heavy (non-hydrogen) atoms. The van der Waals surface area contributed by atoms with Crippen LogP contribution in [0.4, 0.5) is 13.2 Å². The zero-order chi connectivity index (χ0) is 23.0. The highest BCUT2D eigenvalue weighted by atomic mass is 19.4. The smallest absolute Gasteiger partial charge is 0.340 e. The van der Waals surface area contributed by atoms with Gasteiger partial charge in [-0.05, 0) is 44.4 Å². The van der Waals surface area contributed by atoms with E-state index in [9.17, 15) is 27.6 Å². The summed E-state index contributed by atoms with van der Waals surface area (Å²) in [4.78, 5) is 43.7. The number of carbonyl (C=O) groups excluding carboxylic acids is 3. The molecule has 3 rings (SSSR count). The van der Waals surface area contributed by atoms with Crippen molar-refractivity contribution in [1.29, 1.82) is 0 Å². The van der Waals surface area contributed by atoms with E-state index in [4.69, 9.17) is 0 Å². The fourth-order valence-corrected chi connectivity index (χ4v) is 4.34. The molecule has 0 N–H and O–H groups in total. The van der Waals surface area contributed by atoms with Gasteiger partial charge in [-0.1, -0.05) is 19.1 Å². The minimum atomic E-state index is -4.44. The molecule has 2 aliphatic heterocycles. The van der Waals surface area contributed by atoms with E-state index in [1.54, 1.807) is 4.90 Å². The first-order valence-corrected chi connectivity index (χ1v) is 10.5. The highest BCUT2D eigenvalue weighted by molar-refractivity contribution is 5.99. The Morgan fingerprint density at radius 1 is 1.16 bits per heavy atom. The molecule has 2 aliphatic rings. The summed E-state index contributed by atoms with van der Waals surface area (Å²) in [7, 11) is 0. The van der Waals surface area contributed by atoms with Crippen LogP contribution >= 0.6 is 0 Å². The van der Waals surface area contributed by atoms with E-state index in [0.717, 1.165) is 12.1 Å². The molecule has 170 valence electrons. The van der Waals surface area contributed by atoms with Crippen LogP contribution in [0, 0.1) is 0 Å². The number of alkyl halides is 3. The van der Waals surface area contributed by atoms with Crippen LogP contribution in [-0.4, -0.2) is 63.6 Å². The van der Waals surface area contributed by atoms with Gasteiger partial charge in [0, 0.05) is 25.6 Å². The van der Waals surface area contributed by atoms with E-state index < -0.39 is 17.3 Å². The van der Waals surface area contributed by atoms with Gasteiger partial charge in [-0.2, -0.15) is 13.2 Å². The van der Waals surface area contributed by atoms with Crippen molar-refractivity contribution in [1.82, 2.24) is 14.7 Å². The molecule has 2 saturated heterocycles. The Morgan fingerprint density at radius 3 is 2.35 bits per heavy atom. The number of hydrogen-bond acceptors (Lipinski definition) is 3. The molecule has 1 aromatic rings. The molecule has 0 aromatic heterocycles. The zero-order valence-electron chi connectivity index (χ0n) is 18.0. The quantitative estimate of drug-likeness (QED) is 0.709. The van der Waals surface area contributed by atoms with Gasteiger partial charge in [0.25, 0.3) is 5.91 Å². The molecule has 2 heterocycles. The number of benzene rings is 1. The molecule has 0 aliphatic carbocycles. The highest BCUT2D eigenvalue weighted by Crippen LogP contribution is 2.36. The molecule has 0 radical (unpaired) electrons. The number of hydrogen-bond donors (Lipinski definition) is 0. The van der Waals surface area contributed by atoms with Crippen molar-refractivity contribution in [3.8, 4) is 0 Å². The normalized spacial score (nSPS) is 22.2. The Balaban J connectivity index is 1.92. The van der Waals surface area contributed by atoms with Gasteiger partial charge in [-0.25, -0.2) is 0 Å². The maximum absolute atomic E-state index is 13.5. The molecule has 6 nitrogen and oxygen atoms in total. The number of nitrogens with zero attached hydrogens (tertiary/aromatic N) is 3. The number of carbonyl (C=O) groups is 3. The first-order chi connectivity index (χ1) is 14.5. The molecule has 3 amide bonds. The van der Waals surface area contributed by atoms with Crippen molar-refractivity contribution in [3.05, 3.63) is 35.4 Å². The molecule has 1 atom stereocenters. The lowest BCUT2D eigenvalue weighted by Gasteiger charge is -2.48. The molecule has 1 spiro atoms. The Kier molecular flexibility index (Phi) is 6.34. The van der Waals surface area contributed by atoms with Crippen LogP contribution < -0.4 is 0 Å². The minimum absolute atomic E-state index is 0.0183. The van der Waals surface area contributed by atoms with Crippen LogP contribution in [0.25, 0.3) is 0 Å². The summed E-state index contributed by atoms with van der Waals surface area (Å²) < 4.78 is 38.6. The summed E-state index contributed by atoms with van der Waals surface area (Å²) in [6.45, 7) is 5.98. The number of likely N-dealkylation sites (tertiary alicyclic amines) is 1. The summed E-state index contributed by atoms with van der Waals surface area (Å²) in [6.07, 6.45) is -3.08. The van der Waals surface area contributed by atoms with E-state index >= 15 is 0 Å². The van der Waals surface area contributed by atoms with Crippen molar-refractivity contribution < 1.29 is 27.6 Å². The molecular formula is C22H28F3N3O3. The summed E-state index contributed by atoms with van der Waals surface area (Å²) in [5, 5.41) is 0. The van der Waals surface area contributed by atoms with Crippen LogP contribution in [0.2, 0.25) is 0 Å². The van der Waals surface area contributed by atoms with Gasteiger partial charge in [0.1, 0.15) is 12.1 Å².